The van der Waals surface area contributed by atoms with E-state index in [4.69, 9.17) is 0 Å². The number of amides is 1. The van der Waals surface area contributed by atoms with Crippen molar-refractivity contribution in [3.05, 3.63) is 0 Å². The van der Waals surface area contributed by atoms with E-state index in [1.165, 1.54) is 0 Å². The van der Waals surface area contributed by atoms with Gasteiger partial charge in [0.2, 0.25) is 5.91 Å². The van der Waals surface area contributed by atoms with Crippen molar-refractivity contribution in [1.82, 2.24) is 5.32 Å². The summed E-state index contributed by atoms with van der Waals surface area (Å²) in [5, 5.41) is 12.6. The first-order valence-corrected chi connectivity index (χ1v) is 7.86. The number of carboxylic acids is 1. The van der Waals surface area contributed by atoms with Crippen molar-refractivity contribution in [1.29, 1.82) is 0 Å². The maximum atomic E-state index is 12.2. The Hall–Kier alpha value is -1.06. The summed E-state index contributed by atoms with van der Waals surface area (Å²) in [6.07, 6.45) is 7.27. The summed E-state index contributed by atoms with van der Waals surface area (Å²) in [6, 6.07) is 0. The largest absolute Gasteiger partial charge is 0.481 e. The van der Waals surface area contributed by atoms with Gasteiger partial charge < -0.3 is 10.4 Å². The normalized spacial score (nSPS) is 19.1. The molecule has 0 aromatic rings. The summed E-state index contributed by atoms with van der Waals surface area (Å²) in [5.41, 5.74) is -1.10. The minimum absolute atomic E-state index is 0.118. The van der Waals surface area contributed by atoms with Crippen LogP contribution in [0.1, 0.15) is 78.6 Å². The van der Waals surface area contributed by atoms with E-state index < -0.39 is 11.4 Å². The van der Waals surface area contributed by atoms with Gasteiger partial charge in [0.05, 0.1) is 5.41 Å². The van der Waals surface area contributed by atoms with E-state index in [2.05, 4.69) is 12.2 Å². The fraction of sp³-hybridized carbons (Fsp3) is 0.875. The van der Waals surface area contributed by atoms with Crippen LogP contribution in [0.25, 0.3) is 0 Å². The molecular formula is C16H29NO3. The molecule has 1 aliphatic rings. The SMILES string of the molecule is CCCC(C)(C)NC(=O)CC1(C(=O)O)CCCCCC1. The molecule has 0 aromatic heterocycles. The second kappa shape index (κ2) is 7.09. The highest BCUT2D eigenvalue weighted by molar-refractivity contribution is 5.85. The van der Waals surface area contributed by atoms with Gasteiger partial charge in [0, 0.05) is 12.0 Å². The Morgan fingerprint density at radius 2 is 1.70 bits per heavy atom. The third kappa shape index (κ3) is 4.80. The minimum Gasteiger partial charge on any atom is -0.481 e. The fourth-order valence-corrected chi connectivity index (χ4v) is 3.29. The summed E-state index contributed by atoms with van der Waals surface area (Å²) >= 11 is 0. The van der Waals surface area contributed by atoms with E-state index in [9.17, 15) is 14.7 Å². The molecule has 0 aliphatic heterocycles. The molecule has 4 nitrogen and oxygen atoms in total. The number of aliphatic carboxylic acids is 1. The molecule has 0 saturated heterocycles. The van der Waals surface area contributed by atoms with Crippen molar-refractivity contribution in [2.45, 2.75) is 84.1 Å². The lowest BCUT2D eigenvalue weighted by Gasteiger charge is -2.31. The Kier molecular flexibility index (Phi) is 6.03. The van der Waals surface area contributed by atoms with Crippen LogP contribution in [0.5, 0.6) is 0 Å². The summed E-state index contributed by atoms with van der Waals surface area (Å²) in [7, 11) is 0. The summed E-state index contributed by atoms with van der Waals surface area (Å²) in [4.78, 5) is 23.9. The number of hydrogen-bond acceptors (Lipinski definition) is 2. The molecule has 1 rings (SSSR count). The lowest BCUT2D eigenvalue weighted by Crippen LogP contribution is -2.46. The molecule has 0 heterocycles. The number of hydrogen-bond donors (Lipinski definition) is 2. The molecule has 1 saturated carbocycles. The zero-order valence-corrected chi connectivity index (χ0v) is 13.1. The van der Waals surface area contributed by atoms with Gasteiger partial charge in [0.15, 0.2) is 0 Å². The maximum absolute atomic E-state index is 12.2. The van der Waals surface area contributed by atoms with Gasteiger partial charge in [-0.25, -0.2) is 0 Å². The average molecular weight is 283 g/mol. The third-order valence-electron chi connectivity index (χ3n) is 4.37. The highest BCUT2D eigenvalue weighted by Crippen LogP contribution is 2.38. The lowest BCUT2D eigenvalue weighted by atomic mass is 9.77. The second-order valence-electron chi connectivity index (χ2n) is 6.86. The van der Waals surface area contributed by atoms with Crippen molar-refractivity contribution in [2.75, 3.05) is 0 Å². The zero-order chi connectivity index (χ0) is 15.2. The first-order valence-electron chi connectivity index (χ1n) is 7.86. The zero-order valence-electron chi connectivity index (χ0n) is 13.1. The molecule has 1 amide bonds. The fourth-order valence-electron chi connectivity index (χ4n) is 3.29. The van der Waals surface area contributed by atoms with E-state index in [1.807, 2.05) is 13.8 Å². The van der Waals surface area contributed by atoms with Crippen molar-refractivity contribution in [2.24, 2.45) is 5.41 Å². The molecule has 0 atom stereocenters. The first-order chi connectivity index (χ1) is 9.31. The van der Waals surface area contributed by atoms with Gasteiger partial charge in [-0.05, 0) is 33.1 Å². The van der Waals surface area contributed by atoms with E-state index >= 15 is 0 Å². The predicted molar refractivity (Wildman–Crippen MR) is 79.5 cm³/mol. The predicted octanol–water partition coefficient (Wildman–Crippen LogP) is 3.50. The molecule has 2 N–H and O–H groups in total. The van der Waals surface area contributed by atoms with Gasteiger partial charge in [0.25, 0.3) is 0 Å². The molecule has 1 aliphatic carbocycles. The number of carbonyl (C=O) groups is 2. The quantitative estimate of drug-likeness (QED) is 0.733. The van der Waals surface area contributed by atoms with Crippen LogP contribution >= 0.6 is 0 Å². The van der Waals surface area contributed by atoms with Crippen molar-refractivity contribution in [3.8, 4) is 0 Å². The molecule has 116 valence electrons. The van der Waals surface area contributed by atoms with E-state index in [-0.39, 0.29) is 17.9 Å². The van der Waals surface area contributed by atoms with Crippen LogP contribution in [-0.4, -0.2) is 22.5 Å². The van der Waals surface area contributed by atoms with E-state index in [0.29, 0.717) is 12.8 Å². The Labute approximate surface area is 122 Å². The molecule has 0 radical (unpaired) electrons. The Morgan fingerprint density at radius 1 is 1.15 bits per heavy atom. The van der Waals surface area contributed by atoms with Crippen LogP contribution in [0.2, 0.25) is 0 Å². The summed E-state index contributed by atoms with van der Waals surface area (Å²) in [6.45, 7) is 6.07. The molecule has 0 spiro atoms. The molecule has 20 heavy (non-hydrogen) atoms. The van der Waals surface area contributed by atoms with Gasteiger partial charge in [-0.15, -0.1) is 0 Å². The smallest absolute Gasteiger partial charge is 0.310 e. The van der Waals surface area contributed by atoms with Gasteiger partial charge in [-0.3, -0.25) is 9.59 Å². The van der Waals surface area contributed by atoms with Crippen molar-refractivity contribution < 1.29 is 14.7 Å². The second-order valence-corrected chi connectivity index (χ2v) is 6.86. The summed E-state index contributed by atoms with van der Waals surface area (Å²) < 4.78 is 0. The van der Waals surface area contributed by atoms with Crippen LogP contribution in [0.15, 0.2) is 0 Å². The maximum Gasteiger partial charge on any atom is 0.310 e. The van der Waals surface area contributed by atoms with Crippen LogP contribution in [0, 0.1) is 5.41 Å². The van der Waals surface area contributed by atoms with Gasteiger partial charge in [0.1, 0.15) is 0 Å². The first kappa shape index (κ1) is 17.0. The Morgan fingerprint density at radius 3 is 2.15 bits per heavy atom. The third-order valence-corrected chi connectivity index (χ3v) is 4.37. The van der Waals surface area contributed by atoms with Gasteiger partial charge in [-0.2, -0.15) is 0 Å². The van der Waals surface area contributed by atoms with Crippen LogP contribution in [0.4, 0.5) is 0 Å². The molecule has 1 fully saturated rings. The Balaban J connectivity index is 2.70. The molecule has 0 unspecified atom stereocenters. The van der Waals surface area contributed by atoms with Crippen molar-refractivity contribution in [3.63, 3.8) is 0 Å². The minimum atomic E-state index is -0.844. The van der Waals surface area contributed by atoms with E-state index in [0.717, 1.165) is 38.5 Å². The number of carboxylic acid groups (broad SMARTS) is 1. The van der Waals surface area contributed by atoms with Crippen LogP contribution in [-0.2, 0) is 9.59 Å². The standard InChI is InChI=1S/C16H29NO3/c1-4-9-15(2,3)17-13(18)12-16(14(19)20)10-7-5-6-8-11-16/h4-12H2,1-3H3,(H,17,18)(H,19,20). The molecule has 0 bridgehead atoms. The highest BCUT2D eigenvalue weighted by Gasteiger charge is 2.41. The average Bonchev–Trinajstić information content (AvgIpc) is 2.54. The monoisotopic (exact) mass is 283 g/mol. The lowest BCUT2D eigenvalue weighted by molar-refractivity contribution is -0.153. The number of carbonyl (C=O) groups excluding carboxylic acids is 1. The number of rotatable bonds is 6. The topological polar surface area (TPSA) is 66.4 Å². The summed E-state index contributed by atoms with van der Waals surface area (Å²) in [5.74, 6) is -0.921. The highest BCUT2D eigenvalue weighted by atomic mass is 16.4. The molecule has 0 aromatic carbocycles. The number of nitrogens with one attached hydrogen (secondary N) is 1. The van der Waals surface area contributed by atoms with Crippen molar-refractivity contribution >= 4 is 11.9 Å². The molecule has 4 heteroatoms. The van der Waals surface area contributed by atoms with Crippen LogP contribution in [0.3, 0.4) is 0 Å². The van der Waals surface area contributed by atoms with Crippen LogP contribution < -0.4 is 5.32 Å². The van der Waals surface area contributed by atoms with Gasteiger partial charge in [-0.1, -0.05) is 39.0 Å². The Bertz CT molecular complexity index is 342. The van der Waals surface area contributed by atoms with E-state index in [1.54, 1.807) is 0 Å². The molecular weight excluding hydrogens is 254 g/mol. The van der Waals surface area contributed by atoms with Gasteiger partial charge >= 0.3 is 5.97 Å².